The van der Waals surface area contributed by atoms with Gasteiger partial charge in [0.15, 0.2) is 5.69 Å². The SMILES string of the molecule is Cn1c(C(F)(F)F)nc(C(F)(F)F)c(-c2ccc(F)cc2)c1=O. The molecule has 0 aliphatic rings. The van der Waals surface area contributed by atoms with Crippen LogP contribution in [0.15, 0.2) is 29.1 Å². The Balaban J connectivity index is 2.89. The third-order valence-corrected chi connectivity index (χ3v) is 2.95. The highest BCUT2D eigenvalue weighted by atomic mass is 19.4. The van der Waals surface area contributed by atoms with Crippen LogP contribution in [0.25, 0.3) is 11.1 Å². The van der Waals surface area contributed by atoms with Crippen LogP contribution in [0.5, 0.6) is 0 Å². The lowest BCUT2D eigenvalue weighted by Crippen LogP contribution is -2.32. The fraction of sp³-hybridized carbons (Fsp3) is 0.231. The van der Waals surface area contributed by atoms with Crippen LogP contribution in [0.3, 0.4) is 0 Å². The molecule has 0 saturated carbocycles. The van der Waals surface area contributed by atoms with E-state index in [0.717, 1.165) is 24.3 Å². The van der Waals surface area contributed by atoms with Crippen LogP contribution < -0.4 is 5.56 Å². The van der Waals surface area contributed by atoms with E-state index in [2.05, 4.69) is 4.98 Å². The Morgan fingerprint density at radius 3 is 1.91 bits per heavy atom. The molecule has 0 saturated heterocycles. The van der Waals surface area contributed by atoms with Crippen LogP contribution in [-0.4, -0.2) is 9.55 Å². The molecule has 1 aromatic carbocycles. The van der Waals surface area contributed by atoms with Crippen molar-refractivity contribution in [2.24, 2.45) is 7.05 Å². The molecule has 0 bridgehead atoms. The number of aromatic nitrogens is 2. The number of alkyl halides is 6. The standard InChI is InChI=1S/C13H7F7N2O/c1-22-10(23)8(6-2-4-7(14)5-3-6)9(12(15,16)17)21-11(22)13(18,19)20/h2-5H,1H3. The molecular weight excluding hydrogens is 333 g/mol. The van der Waals surface area contributed by atoms with Crippen molar-refractivity contribution in [3.8, 4) is 11.1 Å². The van der Waals surface area contributed by atoms with E-state index in [9.17, 15) is 35.5 Å². The highest BCUT2D eigenvalue weighted by molar-refractivity contribution is 5.65. The molecule has 0 aliphatic heterocycles. The molecule has 1 heterocycles. The second-order valence-electron chi connectivity index (χ2n) is 4.53. The maximum absolute atomic E-state index is 13.0. The Morgan fingerprint density at radius 1 is 0.957 bits per heavy atom. The minimum absolute atomic E-state index is 0.0199. The fourth-order valence-electron chi connectivity index (χ4n) is 1.94. The Bertz CT molecular complexity index is 788. The number of rotatable bonds is 1. The largest absolute Gasteiger partial charge is 0.449 e. The van der Waals surface area contributed by atoms with E-state index in [4.69, 9.17) is 0 Å². The Kier molecular flexibility index (Phi) is 3.95. The van der Waals surface area contributed by atoms with Gasteiger partial charge in [0.1, 0.15) is 5.82 Å². The minimum atomic E-state index is -5.29. The molecule has 0 N–H and O–H groups in total. The number of benzene rings is 1. The van der Waals surface area contributed by atoms with Gasteiger partial charge in [0.05, 0.1) is 5.56 Å². The maximum Gasteiger partial charge on any atom is 0.449 e. The molecule has 0 atom stereocenters. The van der Waals surface area contributed by atoms with Crippen molar-refractivity contribution >= 4 is 0 Å². The van der Waals surface area contributed by atoms with E-state index in [1.54, 1.807) is 0 Å². The molecule has 23 heavy (non-hydrogen) atoms. The first-order chi connectivity index (χ1) is 10.4. The Morgan fingerprint density at radius 2 is 1.48 bits per heavy atom. The summed E-state index contributed by atoms with van der Waals surface area (Å²) in [6, 6.07) is 3.28. The second-order valence-corrected chi connectivity index (χ2v) is 4.53. The van der Waals surface area contributed by atoms with Crippen LogP contribution in [-0.2, 0) is 19.4 Å². The van der Waals surface area contributed by atoms with Crippen molar-refractivity contribution in [2.75, 3.05) is 0 Å². The van der Waals surface area contributed by atoms with Crippen LogP contribution in [0.1, 0.15) is 11.5 Å². The molecule has 0 aliphatic carbocycles. The zero-order valence-corrected chi connectivity index (χ0v) is 11.3. The van der Waals surface area contributed by atoms with E-state index in [1.165, 1.54) is 0 Å². The third kappa shape index (κ3) is 3.20. The van der Waals surface area contributed by atoms with E-state index in [0.29, 0.717) is 7.05 Å². The van der Waals surface area contributed by atoms with Gasteiger partial charge in [0.2, 0.25) is 5.82 Å². The quantitative estimate of drug-likeness (QED) is 0.743. The first-order valence-corrected chi connectivity index (χ1v) is 5.94. The number of halogens is 7. The van der Waals surface area contributed by atoms with Crippen LogP contribution in [0.4, 0.5) is 30.7 Å². The highest BCUT2D eigenvalue weighted by Crippen LogP contribution is 2.36. The zero-order chi connectivity index (χ0) is 17.6. The minimum Gasteiger partial charge on any atom is -0.292 e. The first kappa shape index (κ1) is 17.0. The molecule has 2 aromatic rings. The zero-order valence-electron chi connectivity index (χ0n) is 11.3. The third-order valence-electron chi connectivity index (χ3n) is 2.95. The number of hydrogen-bond donors (Lipinski definition) is 0. The monoisotopic (exact) mass is 340 g/mol. The molecule has 0 unspecified atom stereocenters. The van der Waals surface area contributed by atoms with Crippen LogP contribution in [0, 0.1) is 5.82 Å². The van der Waals surface area contributed by atoms with Gasteiger partial charge in [0, 0.05) is 7.05 Å². The van der Waals surface area contributed by atoms with Crippen molar-refractivity contribution in [1.29, 1.82) is 0 Å². The summed E-state index contributed by atoms with van der Waals surface area (Å²) < 4.78 is 90.2. The van der Waals surface area contributed by atoms with E-state index < -0.39 is 40.8 Å². The summed E-state index contributed by atoms with van der Waals surface area (Å²) >= 11 is 0. The molecule has 3 nitrogen and oxygen atoms in total. The average molecular weight is 340 g/mol. The topological polar surface area (TPSA) is 34.9 Å². The van der Waals surface area contributed by atoms with Crippen molar-refractivity contribution in [1.82, 2.24) is 9.55 Å². The molecule has 10 heteroatoms. The average Bonchev–Trinajstić information content (AvgIpc) is 2.40. The Labute approximate surface area is 124 Å². The molecule has 0 spiro atoms. The molecule has 1 aromatic heterocycles. The summed E-state index contributed by atoms with van der Waals surface area (Å²) in [5, 5.41) is 0. The second kappa shape index (κ2) is 5.36. The fourth-order valence-corrected chi connectivity index (χ4v) is 1.94. The molecule has 124 valence electrons. The summed E-state index contributed by atoms with van der Waals surface area (Å²) in [6.07, 6.45) is -10.5. The molecule has 0 amide bonds. The normalized spacial score (nSPS) is 12.5. The smallest absolute Gasteiger partial charge is 0.292 e. The molecule has 0 radical (unpaired) electrons. The van der Waals surface area contributed by atoms with Crippen LogP contribution in [0.2, 0.25) is 0 Å². The van der Waals surface area contributed by atoms with Crippen molar-refractivity contribution < 1.29 is 30.7 Å². The lowest BCUT2D eigenvalue weighted by atomic mass is 10.0. The van der Waals surface area contributed by atoms with Gasteiger partial charge in [-0.15, -0.1) is 0 Å². The van der Waals surface area contributed by atoms with Gasteiger partial charge in [-0.1, -0.05) is 12.1 Å². The summed E-state index contributed by atoms with van der Waals surface area (Å²) in [4.78, 5) is 14.6. The summed E-state index contributed by atoms with van der Waals surface area (Å²) in [7, 11) is 0.658. The highest BCUT2D eigenvalue weighted by Gasteiger charge is 2.43. The van der Waals surface area contributed by atoms with Gasteiger partial charge in [-0.3, -0.25) is 9.36 Å². The van der Waals surface area contributed by atoms with Crippen LogP contribution >= 0.6 is 0 Å². The van der Waals surface area contributed by atoms with Gasteiger partial charge in [-0.25, -0.2) is 9.37 Å². The van der Waals surface area contributed by atoms with Gasteiger partial charge in [-0.2, -0.15) is 26.3 Å². The van der Waals surface area contributed by atoms with Gasteiger partial charge >= 0.3 is 12.4 Å². The van der Waals surface area contributed by atoms with E-state index in [-0.39, 0.29) is 10.1 Å². The lowest BCUT2D eigenvalue weighted by Gasteiger charge is -2.17. The van der Waals surface area contributed by atoms with Crippen molar-refractivity contribution in [3.63, 3.8) is 0 Å². The predicted molar refractivity (Wildman–Crippen MR) is 64.9 cm³/mol. The number of nitrogens with zero attached hydrogens (tertiary/aromatic N) is 2. The Hall–Kier alpha value is -2.39. The maximum atomic E-state index is 13.0. The van der Waals surface area contributed by atoms with Gasteiger partial charge in [-0.05, 0) is 17.7 Å². The van der Waals surface area contributed by atoms with E-state index in [1.807, 2.05) is 0 Å². The lowest BCUT2D eigenvalue weighted by molar-refractivity contribution is -0.154. The molecular formula is C13H7F7N2O. The van der Waals surface area contributed by atoms with Gasteiger partial charge in [0.25, 0.3) is 5.56 Å². The molecule has 0 fully saturated rings. The summed E-state index contributed by atoms with van der Waals surface area (Å²) in [6.45, 7) is 0. The van der Waals surface area contributed by atoms with Crippen molar-refractivity contribution in [2.45, 2.75) is 12.4 Å². The predicted octanol–water partition coefficient (Wildman–Crippen LogP) is 3.62. The summed E-state index contributed by atoms with van der Waals surface area (Å²) in [5.74, 6) is -2.75. The number of hydrogen-bond acceptors (Lipinski definition) is 2. The van der Waals surface area contributed by atoms with E-state index >= 15 is 0 Å². The summed E-state index contributed by atoms with van der Waals surface area (Å²) in [5.41, 5.74) is -4.97. The van der Waals surface area contributed by atoms with Gasteiger partial charge < -0.3 is 0 Å². The first-order valence-electron chi connectivity index (χ1n) is 5.94. The molecule has 2 rings (SSSR count). The van der Waals surface area contributed by atoms with Crippen molar-refractivity contribution in [3.05, 3.63) is 52.0 Å².